The van der Waals surface area contributed by atoms with Gasteiger partial charge < -0.3 is 0 Å². The van der Waals surface area contributed by atoms with Gasteiger partial charge in [0.05, 0.1) is 23.0 Å². The molecule has 0 aliphatic rings. The Bertz CT molecular complexity index is 580. The number of nitrogens with zero attached hydrogens (tertiary/aromatic N) is 2. The average Bonchev–Trinajstić information content (AvgIpc) is 2.78. The largest absolute Gasteiger partial charge is 0.271 e. The van der Waals surface area contributed by atoms with Crippen LogP contribution in [0, 0.1) is 0 Å². The molecule has 1 unspecified atom stereocenters. The minimum atomic E-state index is -0.120. The van der Waals surface area contributed by atoms with Crippen molar-refractivity contribution in [3.63, 3.8) is 0 Å². The second kappa shape index (κ2) is 6.59. The Balaban J connectivity index is 2.31. The molecule has 0 fully saturated rings. The smallest absolute Gasteiger partial charge is 0.0834 e. The van der Waals surface area contributed by atoms with Crippen LogP contribution in [-0.4, -0.2) is 9.78 Å². The van der Waals surface area contributed by atoms with Gasteiger partial charge in [-0.3, -0.25) is 16.0 Å². The molecule has 3 N–H and O–H groups in total. The molecule has 0 aliphatic heterocycles. The monoisotopic (exact) mass is 312 g/mol. The van der Waals surface area contributed by atoms with Gasteiger partial charge in [-0.25, -0.2) is 0 Å². The molecule has 0 saturated carbocycles. The van der Waals surface area contributed by atoms with Crippen molar-refractivity contribution < 1.29 is 0 Å². The van der Waals surface area contributed by atoms with E-state index in [1.165, 1.54) is 0 Å². The zero-order valence-corrected chi connectivity index (χ0v) is 13.0. The van der Waals surface area contributed by atoms with E-state index in [4.69, 9.17) is 29.0 Å². The summed E-state index contributed by atoms with van der Waals surface area (Å²) < 4.78 is 1.89. The number of nitrogens with two attached hydrogens (primary N) is 1. The number of halogens is 2. The van der Waals surface area contributed by atoms with E-state index >= 15 is 0 Å². The Hall–Kier alpha value is -1.07. The van der Waals surface area contributed by atoms with Crippen LogP contribution in [0.5, 0.6) is 0 Å². The van der Waals surface area contributed by atoms with Crippen molar-refractivity contribution >= 4 is 23.2 Å². The number of rotatable bonds is 5. The van der Waals surface area contributed by atoms with Crippen molar-refractivity contribution in [3.05, 3.63) is 51.8 Å². The fraction of sp³-hybridized carbons (Fsp3) is 0.357. The Kier molecular flexibility index (Phi) is 5.05. The number of aromatic nitrogens is 2. The average molecular weight is 313 g/mol. The van der Waals surface area contributed by atoms with Crippen molar-refractivity contribution in [1.82, 2.24) is 15.2 Å². The molecule has 1 aromatic carbocycles. The van der Waals surface area contributed by atoms with Gasteiger partial charge in [0.15, 0.2) is 0 Å². The van der Waals surface area contributed by atoms with E-state index in [2.05, 4.69) is 24.4 Å². The molecule has 0 radical (unpaired) electrons. The maximum Gasteiger partial charge on any atom is 0.0834 e. The van der Waals surface area contributed by atoms with Crippen LogP contribution in [0.4, 0.5) is 0 Å². The van der Waals surface area contributed by atoms with E-state index < -0.39 is 0 Å². The molecular formula is C14H18Cl2N4. The first kappa shape index (κ1) is 15.3. The summed E-state index contributed by atoms with van der Waals surface area (Å²) in [5, 5.41) is 5.63. The number of benzene rings is 1. The predicted molar refractivity (Wildman–Crippen MR) is 82.8 cm³/mol. The molecule has 2 rings (SSSR count). The lowest BCUT2D eigenvalue weighted by molar-refractivity contribution is 0.448. The first-order valence-corrected chi connectivity index (χ1v) is 7.22. The van der Waals surface area contributed by atoms with Crippen molar-refractivity contribution in [3.8, 4) is 0 Å². The molecule has 1 aromatic heterocycles. The number of hydrogen-bond acceptors (Lipinski definition) is 3. The first-order valence-electron chi connectivity index (χ1n) is 6.46. The molecule has 0 amide bonds. The molecule has 0 saturated heterocycles. The highest BCUT2D eigenvalue weighted by Crippen LogP contribution is 2.28. The SMILES string of the molecule is CC(C)n1ncc(Cl)c1C(Cc1cccc(Cl)c1)NN. The lowest BCUT2D eigenvalue weighted by Crippen LogP contribution is -2.32. The summed E-state index contributed by atoms with van der Waals surface area (Å²) >= 11 is 12.3. The highest BCUT2D eigenvalue weighted by atomic mass is 35.5. The fourth-order valence-corrected chi connectivity index (χ4v) is 2.70. The predicted octanol–water partition coefficient (Wildman–Crippen LogP) is 3.52. The van der Waals surface area contributed by atoms with Crippen molar-refractivity contribution in [2.24, 2.45) is 5.84 Å². The zero-order chi connectivity index (χ0) is 14.7. The van der Waals surface area contributed by atoms with Crippen LogP contribution >= 0.6 is 23.2 Å². The van der Waals surface area contributed by atoms with E-state index in [0.717, 1.165) is 11.3 Å². The lowest BCUT2D eigenvalue weighted by atomic mass is 10.0. The molecule has 6 heteroatoms. The van der Waals surface area contributed by atoms with Crippen LogP contribution in [0.1, 0.15) is 37.2 Å². The van der Waals surface area contributed by atoms with Crippen molar-refractivity contribution in [1.29, 1.82) is 0 Å². The number of hydrogen-bond donors (Lipinski definition) is 2. The van der Waals surface area contributed by atoms with Crippen LogP contribution in [0.3, 0.4) is 0 Å². The number of hydrazine groups is 1. The number of nitrogens with one attached hydrogen (secondary N) is 1. The summed E-state index contributed by atoms with van der Waals surface area (Å²) in [7, 11) is 0. The van der Waals surface area contributed by atoms with Gasteiger partial charge >= 0.3 is 0 Å². The van der Waals surface area contributed by atoms with E-state index in [-0.39, 0.29) is 12.1 Å². The molecule has 0 bridgehead atoms. The standard InChI is InChI=1S/C14H18Cl2N4/c1-9(2)20-14(12(16)8-18-20)13(19-17)7-10-4-3-5-11(15)6-10/h3-6,8-9,13,19H,7,17H2,1-2H3. The van der Waals surface area contributed by atoms with Gasteiger partial charge in [-0.1, -0.05) is 35.3 Å². The summed E-state index contributed by atoms with van der Waals surface area (Å²) in [4.78, 5) is 0. The second-order valence-electron chi connectivity index (χ2n) is 4.97. The van der Waals surface area contributed by atoms with Crippen LogP contribution in [0.2, 0.25) is 10.0 Å². The van der Waals surface area contributed by atoms with Gasteiger partial charge in [0.25, 0.3) is 0 Å². The van der Waals surface area contributed by atoms with Crippen LogP contribution < -0.4 is 11.3 Å². The minimum Gasteiger partial charge on any atom is -0.271 e. The van der Waals surface area contributed by atoms with Crippen molar-refractivity contribution in [2.75, 3.05) is 0 Å². The van der Waals surface area contributed by atoms with Gasteiger partial charge in [-0.05, 0) is 38.0 Å². The zero-order valence-electron chi connectivity index (χ0n) is 11.5. The van der Waals surface area contributed by atoms with Gasteiger partial charge in [-0.2, -0.15) is 5.10 Å². The molecular weight excluding hydrogens is 295 g/mol. The molecule has 108 valence electrons. The van der Waals surface area contributed by atoms with Crippen molar-refractivity contribution in [2.45, 2.75) is 32.4 Å². The summed E-state index contributed by atoms with van der Waals surface area (Å²) in [5.74, 6) is 5.71. The molecule has 4 nitrogen and oxygen atoms in total. The fourth-order valence-electron chi connectivity index (χ4n) is 2.22. The minimum absolute atomic E-state index is 0.120. The molecule has 0 spiro atoms. The first-order chi connectivity index (χ1) is 9.52. The van der Waals surface area contributed by atoms with Gasteiger partial charge in [0, 0.05) is 11.1 Å². The van der Waals surface area contributed by atoms with Gasteiger partial charge in [0.2, 0.25) is 0 Å². The van der Waals surface area contributed by atoms with Crippen LogP contribution in [0.25, 0.3) is 0 Å². The third-order valence-electron chi connectivity index (χ3n) is 3.14. The quantitative estimate of drug-likeness (QED) is 0.656. The molecule has 2 aromatic rings. The molecule has 1 heterocycles. The highest BCUT2D eigenvalue weighted by molar-refractivity contribution is 6.31. The Morgan fingerprint density at radius 2 is 2.10 bits per heavy atom. The third-order valence-corrected chi connectivity index (χ3v) is 3.66. The lowest BCUT2D eigenvalue weighted by Gasteiger charge is -2.20. The van der Waals surface area contributed by atoms with Gasteiger partial charge in [0.1, 0.15) is 0 Å². The normalized spacial score (nSPS) is 12.9. The Morgan fingerprint density at radius 3 is 2.70 bits per heavy atom. The van der Waals surface area contributed by atoms with E-state index in [1.807, 2.05) is 28.9 Å². The van der Waals surface area contributed by atoms with Gasteiger partial charge in [-0.15, -0.1) is 0 Å². The maximum absolute atomic E-state index is 6.26. The third kappa shape index (κ3) is 3.33. The summed E-state index contributed by atoms with van der Waals surface area (Å²) in [6, 6.07) is 7.81. The summed E-state index contributed by atoms with van der Waals surface area (Å²) in [6.45, 7) is 4.11. The summed E-state index contributed by atoms with van der Waals surface area (Å²) in [6.07, 6.45) is 2.34. The van der Waals surface area contributed by atoms with E-state index in [1.54, 1.807) is 6.20 Å². The molecule has 1 atom stereocenters. The topological polar surface area (TPSA) is 55.9 Å². The molecule has 20 heavy (non-hydrogen) atoms. The van der Waals surface area contributed by atoms with Crippen LogP contribution in [-0.2, 0) is 6.42 Å². The summed E-state index contributed by atoms with van der Waals surface area (Å²) in [5.41, 5.74) is 4.80. The van der Waals surface area contributed by atoms with E-state index in [0.29, 0.717) is 16.5 Å². The molecule has 0 aliphatic carbocycles. The Morgan fingerprint density at radius 1 is 1.35 bits per heavy atom. The maximum atomic E-state index is 6.26. The second-order valence-corrected chi connectivity index (χ2v) is 5.81. The van der Waals surface area contributed by atoms with E-state index in [9.17, 15) is 0 Å². The highest BCUT2D eigenvalue weighted by Gasteiger charge is 2.21. The Labute approximate surface area is 128 Å². The van der Waals surface area contributed by atoms with Crippen LogP contribution in [0.15, 0.2) is 30.5 Å².